The van der Waals surface area contributed by atoms with Crippen LogP contribution in [0, 0.1) is 0 Å². The van der Waals surface area contributed by atoms with Crippen molar-refractivity contribution < 1.29 is 5.11 Å². The lowest BCUT2D eigenvalue weighted by atomic mass is 9.90. The van der Waals surface area contributed by atoms with Crippen LogP contribution in [-0.4, -0.2) is 29.1 Å². The van der Waals surface area contributed by atoms with E-state index in [1.54, 1.807) is 0 Å². The molecule has 3 rings (SSSR count). The van der Waals surface area contributed by atoms with E-state index < -0.39 is 0 Å². The fourth-order valence-electron chi connectivity index (χ4n) is 3.61. The number of hydrogen-bond donors (Lipinski definition) is 1. The van der Waals surface area contributed by atoms with Gasteiger partial charge in [-0.1, -0.05) is 79.2 Å². The minimum Gasteiger partial charge on any atom is -0.388 e. The summed E-state index contributed by atoms with van der Waals surface area (Å²) in [4.78, 5) is 2.44. The second-order valence-corrected chi connectivity index (χ2v) is 6.75. The summed E-state index contributed by atoms with van der Waals surface area (Å²) in [5.41, 5.74) is 2.27. The van der Waals surface area contributed by atoms with Crippen LogP contribution in [0.1, 0.15) is 42.9 Å². The summed E-state index contributed by atoms with van der Waals surface area (Å²) in [5, 5.41) is 10.5. The van der Waals surface area contributed by atoms with Crippen molar-refractivity contribution in [1.29, 1.82) is 0 Å². The zero-order valence-electron chi connectivity index (χ0n) is 14.4. The first-order chi connectivity index (χ1) is 11.7. The molecule has 0 spiro atoms. The van der Waals surface area contributed by atoms with E-state index >= 15 is 0 Å². The first kappa shape index (κ1) is 16.9. The Labute approximate surface area is 145 Å². The molecule has 126 valence electrons. The Morgan fingerprint density at radius 1 is 1.04 bits per heavy atom. The zero-order valence-corrected chi connectivity index (χ0v) is 14.4. The van der Waals surface area contributed by atoms with Crippen molar-refractivity contribution in [3.05, 3.63) is 77.9 Å². The van der Waals surface area contributed by atoms with Crippen molar-refractivity contribution >= 4 is 6.08 Å². The van der Waals surface area contributed by atoms with Gasteiger partial charge >= 0.3 is 0 Å². The van der Waals surface area contributed by atoms with Gasteiger partial charge in [-0.15, -0.1) is 0 Å². The molecule has 1 N–H and O–H groups in total. The summed E-state index contributed by atoms with van der Waals surface area (Å²) in [7, 11) is 2.20. The van der Waals surface area contributed by atoms with Gasteiger partial charge in [0.1, 0.15) is 0 Å². The van der Waals surface area contributed by atoms with E-state index in [-0.39, 0.29) is 6.10 Å². The van der Waals surface area contributed by atoms with Crippen LogP contribution in [0.5, 0.6) is 0 Å². The molecule has 0 saturated carbocycles. The fourth-order valence-corrected chi connectivity index (χ4v) is 3.61. The van der Waals surface area contributed by atoms with E-state index in [9.17, 15) is 5.11 Å². The second-order valence-electron chi connectivity index (χ2n) is 6.75. The molecular formula is C22H27NO. The summed E-state index contributed by atoms with van der Waals surface area (Å²) >= 11 is 0. The van der Waals surface area contributed by atoms with E-state index in [0.29, 0.717) is 12.1 Å². The normalized spacial score (nSPS) is 23.4. The highest BCUT2D eigenvalue weighted by atomic mass is 16.3. The quantitative estimate of drug-likeness (QED) is 0.864. The van der Waals surface area contributed by atoms with E-state index in [2.05, 4.69) is 48.4 Å². The smallest absolute Gasteiger partial charge is 0.0805 e. The minimum absolute atomic E-state index is 0.379. The lowest BCUT2D eigenvalue weighted by molar-refractivity contribution is 0.0762. The highest BCUT2D eigenvalue weighted by Gasteiger charge is 2.27. The standard InChI is InChI=1S/C22H27NO/c1-23-20(16-15-18-9-4-2-5-10-18)13-8-14-21(23)17-22(24)19-11-6-3-7-12-19/h2-7,9-12,15-16,20-22,24H,8,13-14,17H2,1H3/b16-15+/t20-,21+,22-/m0/s1. The fraction of sp³-hybridized carbons (Fsp3) is 0.364. The minimum atomic E-state index is -0.379. The number of rotatable bonds is 5. The predicted octanol–water partition coefficient (Wildman–Crippen LogP) is 4.68. The SMILES string of the molecule is CN1[C@@H](C[C@H](O)c2ccccc2)CCC[C@H]1/C=C/c1ccccc1. The molecule has 0 aromatic heterocycles. The van der Waals surface area contributed by atoms with Gasteiger partial charge in [-0.05, 0) is 37.4 Å². The number of piperidine rings is 1. The molecule has 1 heterocycles. The van der Waals surface area contributed by atoms with E-state index in [1.165, 1.54) is 18.4 Å². The Hall–Kier alpha value is -1.90. The maximum atomic E-state index is 10.5. The molecule has 2 aromatic carbocycles. The Bertz CT molecular complexity index is 638. The van der Waals surface area contributed by atoms with Crippen LogP contribution in [0.4, 0.5) is 0 Å². The zero-order chi connectivity index (χ0) is 16.8. The van der Waals surface area contributed by atoms with Crippen molar-refractivity contribution in [3.63, 3.8) is 0 Å². The monoisotopic (exact) mass is 321 g/mol. The van der Waals surface area contributed by atoms with Crippen molar-refractivity contribution in [2.45, 2.75) is 43.9 Å². The van der Waals surface area contributed by atoms with Crippen LogP contribution in [0.2, 0.25) is 0 Å². The van der Waals surface area contributed by atoms with Crippen LogP contribution in [0.15, 0.2) is 66.7 Å². The average Bonchev–Trinajstić information content (AvgIpc) is 2.64. The number of likely N-dealkylation sites (N-methyl/N-ethyl adjacent to an activating group) is 1. The summed E-state index contributed by atoms with van der Waals surface area (Å²) in [5.74, 6) is 0. The van der Waals surface area contributed by atoms with Crippen LogP contribution < -0.4 is 0 Å². The van der Waals surface area contributed by atoms with Crippen molar-refractivity contribution in [2.24, 2.45) is 0 Å². The molecule has 1 saturated heterocycles. The number of hydrogen-bond acceptors (Lipinski definition) is 2. The second kappa shape index (κ2) is 8.27. The molecule has 3 atom stereocenters. The van der Waals surface area contributed by atoms with Crippen LogP contribution in [0.3, 0.4) is 0 Å². The number of aliphatic hydroxyl groups is 1. The molecule has 24 heavy (non-hydrogen) atoms. The van der Waals surface area contributed by atoms with Crippen LogP contribution >= 0.6 is 0 Å². The van der Waals surface area contributed by atoms with Gasteiger partial charge in [0.15, 0.2) is 0 Å². The summed E-state index contributed by atoms with van der Waals surface area (Å²) in [6.45, 7) is 0. The lowest BCUT2D eigenvalue weighted by Crippen LogP contribution is -2.43. The number of likely N-dealkylation sites (tertiary alicyclic amines) is 1. The molecule has 1 fully saturated rings. The van der Waals surface area contributed by atoms with E-state index in [0.717, 1.165) is 18.4 Å². The van der Waals surface area contributed by atoms with Gasteiger partial charge in [0.2, 0.25) is 0 Å². The van der Waals surface area contributed by atoms with Crippen molar-refractivity contribution in [3.8, 4) is 0 Å². The predicted molar refractivity (Wildman–Crippen MR) is 101 cm³/mol. The Kier molecular flexibility index (Phi) is 5.84. The number of benzene rings is 2. The molecule has 2 heteroatoms. The summed E-state index contributed by atoms with van der Waals surface area (Å²) in [6.07, 6.45) is 8.54. The molecule has 1 aliphatic heterocycles. The van der Waals surface area contributed by atoms with Gasteiger partial charge < -0.3 is 5.11 Å². The largest absolute Gasteiger partial charge is 0.388 e. The van der Waals surface area contributed by atoms with Crippen molar-refractivity contribution in [2.75, 3.05) is 7.05 Å². The molecule has 0 aliphatic carbocycles. The van der Waals surface area contributed by atoms with Gasteiger partial charge in [0.25, 0.3) is 0 Å². The van der Waals surface area contributed by atoms with Crippen molar-refractivity contribution in [1.82, 2.24) is 4.90 Å². The summed E-state index contributed by atoms with van der Waals surface area (Å²) < 4.78 is 0. The Morgan fingerprint density at radius 2 is 1.71 bits per heavy atom. The maximum absolute atomic E-state index is 10.5. The lowest BCUT2D eigenvalue weighted by Gasteiger charge is -2.39. The van der Waals surface area contributed by atoms with Gasteiger partial charge in [-0.3, -0.25) is 4.90 Å². The Morgan fingerprint density at radius 3 is 2.42 bits per heavy atom. The number of aliphatic hydroxyl groups excluding tert-OH is 1. The van der Waals surface area contributed by atoms with Gasteiger partial charge in [0, 0.05) is 12.1 Å². The third-order valence-corrected chi connectivity index (χ3v) is 5.13. The molecule has 2 nitrogen and oxygen atoms in total. The van der Waals surface area contributed by atoms with Gasteiger partial charge in [0.05, 0.1) is 6.10 Å². The first-order valence-corrected chi connectivity index (χ1v) is 8.92. The average molecular weight is 321 g/mol. The van der Waals surface area contributed by atoms with Crippen LogP contribution in [-0.2, 0) is 0 Å². The maximum Gasteiger partial charge on any atom is 0.0805 e. The molecule has 0 unspecified atom stereocenters. The first-order valence-electron chi connectivity index (χ1n) is 8.92. The molecule has 0 bridgehead atoms. The van der Waals surface area contributed by atoms with Gasteiger partial charge in [-0.2, -0.15) is 0 Å². The van der Waals surface area contributed by atoms with E-state index in [1.807, 2.05) is 36.4 Å². The van der Waals surface area contributed by atoms with Crippen LogP contribution in [0.25, 0.3) is 6.08 Å². The molecule has 1 aliphatic rings. The highest BCUT2D eigenvalue weighted by Crippen LogP contribution is 2.29. The molecular weight excluding hydrogens is 294 g/mol. The van der Waals surface area contributed by atoms with E-state index in [4.69, 9.17) is 0 Å². The third-order valence-electron chi connectivity index (χ3n) is 5.13. The summed E-state index contributed by atoms with van der Waals surface area (Å²) in [6, 6.07) is 21.4. The van der Waals surface area contributed by atoms with Gasteiger partial charge in [-0.25, -0.2) is 0 Å². The topological polar surface area (TPSA) is 23.5 Å². The Balaban J connectivity index is 1.62. The molecule has 0 amide bonds. The molecule has 0 radical (unpaired) electrons. The number of nitrogens with zero attached hydrogens (tertiary/aromatic N) is 1. The molecule has 2 aromatic rings. The highest BCUT2D eigenvalue weighted by molar-refractivity contribution is 5.49. The third kappa shape index (κ3) is 4.34.